The van der Waals surface area contributed by atoms with Crippen LogP contribution in [0.25, 0.3) is 36.9 Å². The van der Waals surface area contributed by atoms with Gasteiger partial charge in [0.15, 0.2) is 0 Å². The largest absolute Gasteiger partial charge is 2.00 e. The summed E-state index contributed by atoms with van der Waals surface area (Å²) < 4.78 is 0. The van der Waals surface area contributed by atoms with Crippen LogP contribution in [-0.2, 0) is 130 Å². The van der Waals surface area contributed by atoms with Crippen LogP contribution in [-0.4, -0.2) is 182 Å². The first-order chi connectivity index (χ1) is 25.0. The maximum absolute atomic E-state index is 10.9. The number of carboxylic acid groups (broad SMARTS) is 10. The minimum Gasteiger partial charge on any atom is -0.693 e. The van der Waals surface area contributed by atoms with Gasteiger partial charge in [0.1, 0.15) is 0 Å². The van der Waals surface area contributed by atoms with E-state index in [4.69, 9.17) is 94.2 Å². The molecule has 36 nitrogen and oxygen atoms in total. The topological polar surface area (TPSA) is 722 Å². The van der Waals surface area contributed by atoms with Crippen LogP contribution in [0.3, 0.4) is 0 Å². The minimum atomic E-state index is -1.82. The average Bonchev–Trinajstić information content (AvgIpc) is 3.51. The van der Waals surface area contributed by atoms with Crippen LogP contribution in [0.5, 0.6) is 0 Å². The Labute approximate surface area is 407 Å². The number of aliphatic carboxylic acids is 9. The third-order valence-corrected chi connectivity index (χ3v) is 3.46. The van der Waals surface area contributed by atoms with Gasteiger partial charge in [-0.25, -0.2) is 43.3 Å². The Morgan fingerprint density at radius 3 is 0.815 bits per heavy atom. The van der Waals surface area contributed by atoms with Gasteiger partial charge < -0.3 is 98.8 Å². The zero-order chi connectivity index (χ0) is 45.0. The monoisotopic (exact) mass is 1500 g/mol. The van der Waals surface area contributed by atoms with Gasteiger partial charge >= 0.3 is 105 Å². The molecule has 65 heavy (non-hydrogen) atoms. The van der Waals surface area contributed by atoms with Crippen LogP contribution in [0.2, 0.25) is 0 Å². The normalized spacial score (nSPS) is 9.03. The molecule has 0 aromatic carbocycles. The maximum Gasteiger partial charge on any atom is 2.00 e. The fourth-order valence-corrected chi connectivity index (χ4v) is 1.77. The molecule has 0 radical (unpaired) electrons. The zero-order valence-corrected chi connectivity index (χ0v) is 39.8. The van der Waals surface area contributed by atoms with Crippen LogP contribution in [0.15, 0.2) is 29.3 Å². The quantitative estimate of drug-likeness (QED) is 0.0700. The number of carbonyl (C=O) groups is 14. The Hall–Kier alpha value is -6.58. The van der Waals surface area contributed by atoms with Crippen molar-refractivity contribution in [3.8, 4) is 0 Å². The van der Waals surface area contributed by atoms with E-state index < -0.39 is 71.6 Å². The Kier molecular flexibility index (Phi) is 110. The molecule has 0 saturated carbocycles. The van der Waals surface area contributed by atoms with Gasteiger partial charge in [0.05, 0.1) is 6.54 Å². The molecule has 2 rings (SSSR count). The van der Waals surface area contributed by atoms with Gasteiger partial charge in [-0.05, 0) is 0 Å². The van der Waals surface area contributed by atoms with Crippen molar-refractivity contribution in [1.82, 2.24) is 15.1 Å². The van der Waals surface area contributed by atoms with E-state index in [1.165, 1.54) is 18.2 Å². The van der Waals surface area contributed by atoms with Gasteiger partial charge in [0.2, 0.25) is 6.08 Å². The second kappa shape index (κ2) is 66.5. The van der Waals surface area contributed by atoms with Gasteiger partial charge in [0, 0.05) is 64.7 Å². The number of nitrogens with zero attached hydrogens (tertiary/aromatic N) is 3. The molecule has 2 heterocycles. The van der Waals surface area contributed by atoms with Gasteiger partial charge in [-0.1, -0.05) is 0 Å². The second-order valence-electron chi connectivity index (χ2n) is 7.92. The summed E-state index contributed by atoms with van der Waals surface area (Å²) in [4.78, 5) is 150. The van der Waals surface area contributed by atoms with Crippen LogP contribution in [0, 0.1) is 0 Å². The standard InChI is InChI=1S/C7H8N2O4.C7H6N2O3.3C2H2O4.3C2H4O2.6H2N.H2O.3Pt/c10-5-1-2-6(11)9(5)4-3-8-7(12)13;10-5-8-3-4-9-6(11)1-2-7(9)12;3*3-1(4)2(5)6;3*1-2(3)4;;;;;;;;;;/h1-2,8H,3-4H2,(H,12,13);1-2H,3-4H2;3*(H,3,4)(H,5,6);3*1H3,(H,3,4);7*1H2;;;/q;;;;;;;;6*-1;;3*+2. The number of rotatable bonds is 6. The molecule has 0 aromatic heterocycles. The van der Waals surface area contributed by atoms with Gasteiger partial charge in [-0.3, -0.25) is 43.4 Å². The fraction of sp³-hybridized carbons (Fsp3) is 0.269. The number of carboxylic acids is 9. The molecule has 2 aliphatic rings. The summed E-state index contributed by atoms with van der Waals surface area (Å²) in [6.45, 7) is 3.62. The van der Waals surface area contributed by atoms with Gasteiger partial charge in [0.25, 0.3) is 41.5 Å². The summed E-state index contributed by atoms with van der Waals surface area (Å²) in [6, 6.07) is 0. The van der Waals surface area contributed by atoms with E-state index in [1.807, 2.05) is 0 Å². The smallest absolute Gasteiger partial charge is 0.693 e. The van der Waals surface area contributed by atoms with E-state index in [-0.39, 0.29) is 144 Å². The fourth-order valence-electron chi connectivity index (χ4n) is 1.77. The summed E-state index contributed by atoms with van der Waals surface area (Å²) in [5.74, 6) is -15.0. The zero-order valence-electron chi connectivity index (χ0n) is 33.0. The molecule has 386 valence electrons. The molecule has 0 saturated heterocycles. The third-order valence-electron chi connectivity index (χ3n) is 3.46. The first-order valence-corrected chi connectivity index (χ1v) is 13.0. The van der Waals surface area contributed by atoms with E-state index >= 15 is 0 Å². The van der Waals surface area contributed by atoms with E-state index in [0.717, 1.165) is 42.7 Å². The molecule has 2 aliphatic heterocycles. The van der Waals surface area contributed by atoms with Crippen molar-refractivity contribution in [3.63, 3.8) is 0 Å². The van der Waals surface area contributed by atoms with Crippen molar-refractivity contribution >= 4 is 89.5 Å². The van der Waals surface area contributed by atoms with Crippen LogP contribution < -0.4 is 5.32 Å². The molecule has 0 aliphatic carbocycles. The number of aliphatic imine (C=N–C) groups is 1. The van der Waals surface area contributed by atoms with Crippen molar-refractivity contribution in [2.75, 3.05) is 26.2 Å². The first-order valence-electron chi connectivity index (χ1n) is 13.0. The Balaban J connectivity index is -0.0000000307. The molecule has 0 aromatic rings. The van der Waals surface area contributed by atoms with E-state index in [0.29, 0.717) is 0 Å². The third kappa shape index (κ3) is 98.0. The van der Waals surface area contributed by atoms with Crippen LogP contribution >= 0.6 is 0 Å². The number of isocyanates is 1. The summed E-state index contributed by atoms with van der Waals surface area (Å²) in [6.07, 6.45) is 4.84. The van der Waals surface area contributed by atoms with Crippen LogP contribution in [0.1, 0.15) is 20.8 Å². The summed E-state index contributed by atoms with van der Waals surface area (Å²) in [5, 5.41) is 76.9. The molecule has 0 atom stereocenters. The maximum atomic E-state index is 10.9. The average molecular weight is 1500 g/mol. The van der Waals surface area contributed by atoms with E-state index in [9.17, 15) is 28.8 Å². The van der Waals surface area contributed by atoms with Gasteiger partial charge in [-0.2, -0.15) is 0 Å². The number of imide groups is 2. The first kappa shape index (κ1) is 107. The SMILES string of the molecule is CC(=O)O.CC(=O)O.CC(=O)O.O.O=C(O)C(=O)O.O=C(O)C(=O)O.O=C(O)C(=O)O.O=C(O)NCCN1C(=O)C=CC1=O.O=C=NCCN1C(=O)C=CC1=O.[NH2-].[NH2-].[NH2-].[NH2-].[NH2-].[NH2-].[Pt+2].[Pt+2].[Pt+2]. The molecule has 0 bridgehead atoms. The molecular formula is C26H46N10O26Pt3. The molecule has 25 N–H and O–H groups in total. The number of hydrogen-bond donors (Lipinski definition) is 11. The van der Waals surface area contributed by atoms with Crippen molar-refractivity contribution in [2.24, 2.45) is 4.99 Å². The van der Waals surface area contributed by atoms with Crippen LogP contribution in [0.4, 0.5) is 4.79 Å². The predicted molar refractivity (Wildman–Crippen MR) is 202 cm³/mol. The number of hydrogen-bond acceptors (Lipinski definition) is 16. The number of nitrogens with two attached hydrogens (primary N) is 6. The summed E-state index contributed by atoms with van der Waals surface area (Å²) in [7, 11) is 0. The number of carbonyl (C=O) groups excluding carboxylic acids is 5. The number of amides is 5. The Morgan fingerprint density at radius 1 is 0.477 bits per heavy atom. The summed E-state index contributed by atoms with van der Waals surface area (Å²) in [5.41, 5.74) is 0. The predicted octanol–water partition coefficient (Wildman–Crippen LogP) is -0.364. The Morgan fingerprint density at radius 2 is 0.662 bits per heavy atom. The molecule has 0 unspecified atom stereocenters. The molecule has 0 spiro atoms. The molecular weight excluding hydrogens is 1450 g/mol. The Bertz CT molecular complexity index is 1410. The van der Waals surface area contributed by atoms with Crippen molar-refractivity contribution in [3.05, 3.63) is 61.2 Å². The van der Waals surface area contributed by atoms with Crippen molar-refractivity contribution < 1.29 is 192 Å². The molecule has 5 amide bonds. The minimum absolute atomic E-state index is 0. The molecule has 0 fully saturated rings. The van der Waals surface area contributed by atoms with E-state index in [1.54, 1.807) is 0 Å². The van der Waals surface area contributed by atoms with E-state index in [2.05, 4.69) is 10.3 Å². The van der Waals surface area contributed by atoms with Crippen molar-refractivity contribution in [2.45, 2.75) is 20.8 Å². The number of nitrogens with one attached hydrogen (secondary N) is 1. The summed E-state index contributed by atoms with van der Waals surface area (Å²) >= 11 is 0. The second-order valence-corrected chi connectivity index (χ2v) is 7.92. The van der Waals surface area contributed by atoms with Crippen molar-refractivity contribution in [1.29, 1.82) is 0 Å². The molecule has 39 heteroatoms. The van der Waals surface area contributed by atoms with Gasteiger partial charge in [-0.15, -0.1) is 0 Å².